The molecular formula is C42H29P. The van der Waals surface area contributed by atoms with E-state index < -0.39 is 7.92 Å². The van der Waals surface area contributed by atoms with E-state index in [9.17, 15) is 0 Å². The summed E-state index contributed by atoms with van der Waals surface area (Å²) in [4.78, 5) is 0. The fourth-order valence-corrected chi connectivity index (χ4v) is 9.02. The average Bonchev–Trinajstić information content (AvgIpc) is 3.08. The lowest BCUT2D eigenvalue weighted by Crippen LogP contribution is -2.22. The molecule has 0 N–H and O–H groups in total. The molecule has 0 nitrogen and oxygen atoms in total. The van der Waals surface area contributed by atoms with Gasteiger partial charge in [0.25, 0.3) is 0 Å². The van der Waals surface area contributed by atoms with Gasteiger partial charge >= 0.3 is 0 Å². The zero-order valence-electron chi connectivity index (χ0n) is 23.7. The summed E-state index contributed by atoms with van der Waals surface area (Å²) in [5.41, 5.74) is 3.72. The van der Waals surface area contributed by atoms with Gasteiger partial charge < -0.3 is 0 Å². The van der Waals surface area contributed by atoms with E-state index in [0.29, 0.717) is 0 Å². The molecular weight excluding hydrogens is 535 g/mol. The smallest absolute Gasteiger partial charge is 0.000947 e. The van der Waals surface area contributed by atoms with Gasteiger partial charge in [0.1, 0.15) is 0 Å². The number of hydrogen-bond donors (Lipinski definition) is 0. The molecule has 0 saturated heterocycles. The minimum Gasteiger partial charge on any atom is -0.0984 e. The molecule has 8 aromatic carbocycles. The lowest BCUT2D eigenvalue weighted by molar-refractivity contribution is 1.67. The molecule has 202 valence electrons. The summed E-state index contributed by atoms with van der Waals surface area (Å²) in [7, 11) is -0.917. The standard InChI is InChI=1S/C42H29P/c1-2-29-19-20-32-13-7-9-17-38(32)41(29)42-39-18-10-8-14-33(39)23-26-40(42)43(36-24-21-30-11-3-5-15-34(30)27-36)37-25-22-31-12-4-6-16-35(31)28-37/h2-28H,1H2. The molecule has 0 fully saturated rings. The fraction of sp³-hybridized carbons (Fsp3) is 0. The van der Waals surface area contributed by atoms with E-state index in [-0.39, 0.29) is 0 Å². The van der Waals surface area contributed by atoms with Crippen LogP contribution in [-0.4, -0.2) is 0 Å². The molecule has 0 heterocycles. The topological polar surface area (TPSA) is 0 Å². The monoisotopic (exact) mass is 564 g/mol. The fourth-order valence-electron chi connectivity index (χ4n) is 6.51. The first-order valence-corrected chi connectivity index (χ1v) is 16.1. The Labute approximate surface area is 253 Å². The third kappa shape index (κ3) is 4.43. The van der Waals surface area contributed by atoms with E-state index in [0.717, 1.165) is 5.56 Å². The van der Waals surface area contributed by atoms with E-state index >= 15 is 0 Å². The van der Waals surface area contributed by atoms with Gasteiger partial charge in [-0.2, -0.15) is 0 Å². The highest BCUT2D eigenvalue weighted by Gasteiger charge is 2.24. The van der Waals surface area contributed by atoms with Crippen molar-refractivity contribution in [2.75, 3.05) is 0 Å². The average molecular weight is 565 g/mol. The lowest BCUT2D eigenvalue weighted by Gasteiger charge is -2.26. The van der Waals surface area contributed by atoms with Gasteiger partial charge in [-0.3, -0.25) is 0 Å². The van der Waals surface area contributed by atoms with Gasteiger partial charge in [-0.25, -0.2) is 0 Å². The van der Waals surface area contributed by atoms with Gasteiger partial charge in [-0.15, -0.1) is 0 Å². The van der Waals surface area contributed by atoms with Crippen molar-refractivity contribution in [3.8, 4) is 11.1 Å². The summed E-state index contributed by atoms with van der Waals surface area (Å²) < 4.78 is 0. The van der Waals surface area contributed by atoms with Crippen LogP contribution in [0.25, 0.3) is 60.3 Å². The van der Waals surface area contributed by atoms with Crippen LogP contribution >= 0.6 is 7.92 Å². The molecule has 0 radical (unpaired) electrons. The molecule has 0 aliphatic carbocycles. The van der Waals surface area contributed by atoms with Crippen molar-refractivity contribution in [1.29, 1.82) is 0 Å². The molecule has 1 heteroatoms. The van der Waals surface area contributed by atoms with Crippen LogP contribution in [0.3, 0.4) is 0 Å². The van der Waals surface area contributed by atoms with Gasteiger partial charge in [0.05, 0.1) is 0 Å². The zero-order chi connectivity index (χ0) is 28.8. The Bertz CT molecular complexity index is 2250. The van der Waals surface area contributed by atoms with Crippen LogP contribution in [0.1, 0.15) is 5.56 Å². The molecule has 0 aliphatic heterocycles. The first kappa shape index (κ1) is 25.7. The molecule has 8 aromatic rings. The molecule has 0 atom stereocenters. The van der Waals surface area contributed by atoms with Crippen LogP contribution in [0, 0.1) is 0 Å². The molecule has 0 amide bonds. The van der Waals surface area contributed by atoms with E-state index in [4.69, 9.17) is 0 Å². The van der Waals surface area contributed by atoms with Gasteiger partial charge in [-0.05, 0) is 95.7 Å². The van der Waals surface area contributed by atoms with Crippen LogP contribution in [0.5, 0.6) is 0 Å². The quantitative estimate of drug-likeness (QED) is 0.182. The van der Waals surface area contributed by atoms with Crippen molar-refractivity contribution in [3.05, 3.63) is 170 Å². The van der Waals surface area contributed by atoms with E-state index in [1.54, 1.807) is 0 Å². The second kappa shape index (κ2) is 10.7. The summed E-state index contributed by atoms with van der Waals surface area (Å²) in [5.74, 6) is 0. The Balaban J connectivity index is 1.51. The molecule has 0 bridgehead atoms. The van der Waals surface area contributed by atoms with Gasteiger partial charge in [0.15, 0.2) is 0 Å². The minimum absolute atomic E-state index is 0.917. The van der Waals surface area contributed by atoms with E-state index in [1.165, 1.54) is 70.1 Å². The Morgan fingerprint density at radius 1 is 0.395 bits per heavy atom. The molecule has 0 unspecified atom stereocenters. The highest BCUT2D eigenvalue weighted by atomic mass is 31.1. The first-order chi connectivity index (χ1) is 21.3. The molecule has 43 heavy (non-hydrogen) atoms. The van der Waals surface area contributed by atoms with Gasteiger partial charge in [-0.1, -0.05) is 158 Å². The SMILES string of the molecule is C=Cc1ccc2ccccc2c1-c1c(P(c2ccc3ccccc3c2)c2ccc3ccccc3c2)ccc2ccccc12. The maximum atomic E-state index is 4.27. The summed E-state index contributed by atoms with van der Waals surface area (Å²) in [6, 6.07) is 58.2. The third-order valence-corrected chi connectivity index (χ3v) is 11.0. The summed E-state index contributed by atoms with van der Waals surface area (Å²) in [6.45, 7) is 4.27. The van der Waals surface area contributed by atoms with Crippen molar-refractivity contribution < 1.29 is 0 Å². The minimum atomic E-state index is -0.917. The summed E-state index contributed by atoms with van der Waals surface area (Å²) in [5, 5.41) is 14.1. The van der Waals surface area contributed by atoms with E-state index in [2.05, 4.69) is 164 Å². The second-order valence-electron chi connectivity index (χ2n) is 11.0. The Morgan fingerprint density at radius 2 is 0.837 bits per heavy atom. The van der Waals surface area contributed by atoms with Crippen molar-refractivity contribution in [2.24, 2.45) is 0 Å². The predicted molar refractivity (Wildman–Crippen MR) is 191 cm³/mol. The normalized spacial score (nSPS) is 11.6. The lowest BCUT2D eigenvalue weighted by atomic mass is 9.90. The number of rotatable bonds is 5. The van der Waals surface area contributed by atoms with Crippen molar-refractivity contribution >= 4 is 73.0 Å². The van der Waals surface area contributed by atoms with Crippen molar-refractivity contribution in [3.63, 3.8) is 0 Å². The second-order valence-corrected chi connectivity index (χ2v) is 13.2. The molecule has 0 aromatic heterocycles. The number of fused-ring (bicyclic) bond motifs is 4. The Morgan fingerprint density at radius 3 is 1.40 bits per heavy atom. The Kier molecular flexibility index (Phi) is 6.36. The van der Waals surface area contributed by atoms with Crippen LogP contribution < -0.4 is 15.9 Å². The number of benzene rings is 8. The highest BCUT2D eigenvalue weighted by Crippen LogP contribution is 2.44. The largest absolute Gasteiger partial charge is 0.0984 e. The van der Waals surface area contributed by atoms with E-state index in [1.807, 2.05) is 6.08 Å². The van der Waals surface area contributed by atoms with Crippen molar-refractivity contribution in [2.45, 2.75) is 0 Å². The summed E-state index contributed by atoms with van der Waals surface area (Å²) in [6.07, 6.45) is 2.02. The highest BCUT2D eigenvalue weighted by molar-refractivity contribution is 7.80. The maximum absolute atomic E-state index is 4.27. The van der Waals surface area contributed by atoms with Crippen LogP contribution in [0.2, 0.25) is 0 Å². The maximum Gasteiger partial charge on any atom is -0.000947 e. The Hall–Kier alpha value is -5.03. The zero-order valence-corrected chi connectivity index (χ0v) is 24.6. The van der Waals surface area contributed by atoms with Gasteiger partial charge in [0, 0.05) is 0 Å². The van der Waals surface area contributed by atoms with Crippen LogP contribution in [-0.2, 0) is 0 Å². The van der Waals surface area contributed by atoms with Gasteiger partial charge in [0.2, 0.25) is 0 Å². The van der Waals surface area contributed by atoms with Crippen LogP contribution in [0.4, 0.5) is 0 Å². The predicted octanol–water partition coefficient (Wildman–Crippen LogP) is 10.4. The van der Waals surface area contributed by atoms with Crippen LogP contribution in [0.15, 0.2) is 164 Å². The number of hydrogen-bond acceptors (Lipinski definition) is 0. The molecule has 0 aliphatic rings. The molecule has 0 spiro atoms. The molecule has 0 saturated carbocycles. The van der Waals surface area contributed by atoms with Crippen molar-refractivity contribution in [1.82, 2.24) is 0 Å². The molecule has 8 rings (SSSR count). The third-order valence-electron chi connectivity index (χ3n) is 8.56. The summed E-state index contributed by atoms with van der Waals surface area (Å²) >= 11 is 0. The first-order valence-electron chi connectivity index (χ1n) is 14.7.